The van der Waals surface area contributed by atoms with E-state index in [-0.39, 0.29) is 17.8 Å². The molecule has 0 bridgehead atoms. The second-order valence-corrected chi connectivity index (χ2v) is 8.99. The van der Waals surface area contributed by atoms with Crippen LogP contribution in [-0.2, 0) is 14.3 Å². The first-order valence-corrected chi connectivity index (χ1v) is 11.1. The molecular weight excluding hydrogens is 398 g/mol. The first-order chi connectivity index (χ1) is 14.3. The van der Waals surface area contributed by atoms with Crippen LogP contribution in [0.1, 0.15) is 55.2 Å². The molecule has 1 saturated carbocycles. The predicted molar refractivity (Wildman–Crippen MR) is 119 cm³/mol. The summed E-state index contributed by atoms with van der Waals surface area (Å²) in [5, 5.41) is 3.77. The zero-order valence-corrected chi connectivity index (χ0v) is 18.5. The summed E-state index contributed by atoms with van der Waals surface area (Å²) in [6.07, 6.45) is 3.10. The molecule has 30 heavy (non-hydrogen) atoms. The van der Waals surface area contributed by atoms with Crippen molar-refractivity contribution >= 4 is 23.3 Å². The van der Waals surface area contributed by atoms with Crippen molar-refractivity contribution in [1.82, 2.24) is 5.32 Å². The number of halogens is 1. The Bertz CT molecular complexity index is 951. The lowest BCUT2D eigenvalue weighted by Crippen LogP contribution is -2.50. The first-order valence-electron chi connectivity index (χ1n) is 10.7. The molecule has 0 radical (unpaired) electrons. The van der Waals surface area contributed by atoms with Crippen LogP contribution in [0.4, 0.5) is 0 Å². The van der Waals surface area contributed by atoms with Crippen LogP contribution < -0.4 is 5.32 Å². The molecule has 1 heterocycles. The van der Waals surface area contributed by atoms with Gasteiger partial charge in [-0.1, -0.05) is 35.9 Å². The molecule has 2 aliphatic rings. The Morgan fingerprint density at radius 1 is 1.03 bits per heavy atom. The van der Waals surface area contributed by atoms with Crippen molar-refractivity contribution in [3.63, 3.8) is 0 Å². The Balaban J connectivity index is 1.63. The van der Waals surface area contributed by atoms with Crippen molar-refractivity contribution in [2.45, 2.75) is 64.0 Å². The zero-order chi connectivity index (χ0) is 21.5. The predicted octanol–water partition coefficient (Wildman–Crippen LogP) is 5.12. The maximum Gasteiger partial charge on any atom is 0.235 e. The normalized spacial score (nSPS) is 26.3. The van der Waals surface area contributed by atoms with Gasteiger partial charge in [0, 0.05) is 11.6 Å². The second-order valence-electron chi connectivity index (χ2n) is 8.55. The third kappa shape index (κ3) is 3.67. The number of ketones is 1. The van der Waals surface area contributed by atoms with Crippen LogP contribution in [0.5, 0.6) is 0 Å². The molecule has 1 aliphatic heterocycles. The van der Waals surface area contributed by atoms with Gasteiger partial charge in [-0.2, -0.15) is 0 Å². The van der Waals surface area contributed by atoms with Crippen LogP contribution in [0, 0.1) is 13.8 Å². The molecule has 4 rings (SSSR count). The number of carbonyl (C=O) groups is 2. The quantitative estimate of drug-likeness (QED) is 0.691. The highest BCUT2D eigenvalue weighted by Gasteiger charge is 2.54. The molecule has 2 aromatic carbocycles. The number of carbonyl (C=O) groups excluding carboxylic acids is 2. The minimum atomic E-state index is -0.733. The van der Waals surface area contributed by atoms with Crippen molar-refractivity contribution < 1.29 is 14.3 Å². The average molecular weight is 426 g/mol. The van der Waals surface area contributed by atoms with Gasteiger partial charge in [-0.15, -0.1) is 0 Å². The fourth-order valence-electron chi connectivity index (χ4n) is 5.12. The number of hydrogen-bond acceptors (Lipinski definition) is 3. The second kappa shape index (κ2) is 8.16. The molecule has 2 aromatic rings. The minimum absolute atomic E-state index is 0.0212. The summed E-state index contributed by atoms with van der Waals surface area (Å²) in [5.74, 6) is -0.874. The molecular formula is C25H28ClNO3. The van der Waals surface area contributed by atoms with Crippen LogP contribution in [0.25, 0.3) is 11.1 Å². The van der Waals surface area contributed by atoms with Gasteiger partial charge >= 0.3 is 0 Å². The molecule has 158 valence electrons. The highest BCUT2D eigenvalue weighted by atomic mass is 35.5. The Hall–Kier alpha value is -2.17. The van der Waals surface area contributed by atoms with E-state index in [1.165, 1.54) is 0 Å². The van der Waals surface area contributed by atoms with Gasteiger partial charge in [-0.3, -0.25) is 9.59 Å². The summed E-state index contributed by atoms with van der Waals surface area (Å²) in [6, 6.07) is 11.8. The van der Waals surface area contributed by atoms with E-state index < -0.39 is 11.5 Å². The van der Waals surface area contributed by atoms with Crippen LogP contribution in [0.15, 0.2) is 36.4 Å². The Labute approximate surface area is 183 Å². The molecule has 5 heteroatoms. The van der Waals surface area contributed by atoms with E-state index in [4.69, 9.17) is 16.3 Å². The topological polar surface area (TPSA) is 55.4 Å². The first kappa shape index (κ1) is 21.1. The van der Waals surface area contributed by atoms with E-state index in [9.17, 15) is 9.59 Å². The lowest BCUT2D eigenvalue weighted by atomic mass is 9.75. The summed E-state index contributed by atoms with van der Waals surface area (Å²) in [5.41, 5.74) is 4.16. The van der Waals surface area contributed by atoms with Gasteiger partial charge in [0.15, 0.2) is 5.78 Å². The average Bonchev–Trinajstić information content (AvgIpc) is 2.94. The molecule has 0 aromatic heterocycles. The number of hydrogen-bond donors (Lipinski definition) is 1. The maximum absolute atomic E-state index is 13.5. The molecule has 4 nitrogen and oxygen atoms in total. The van der Waals surface area contributed by atoms with Crippen molar-refractivity contribution in [1.29, 1.82) is 0 Å². The highest BCUT2D eigenvalue weighted by molar-refractivity contribution is 6.30. The number of nitrogens with one attached hydrogen (secondary N) is 1. The Morgan fingerprint density at radius 2 is 1.63 bits per heavy atom. The maximum atomic E-state index is 13.5. The summed E-state index contributed by atoms with van der Waals surface area (Å²) < 4.78 is 5.73. The van der Waals surface area contributed by atoms with Gasteiger partial charge in [0.05, 0.1) is 11.6 Å². The Kier molecular flexibility index (Phi) is 5.73. The fraction of sp³-hybridized carbons (Fsp3) is 0.440. The van der Waals surface area contributed by atoms with E-state index in [0.29, 0.717) is 24.5 Å². The molecule has 1 N–H and O–H groups in total. The van der Waals surface area contributed by atoms with Gasteiger partial charge in [0.25, 0.3) is 0 Å². The van der Waals surface area contributed by atoms with Crippen LogP contribution >= 0.6 is 11.6 Å². The number of rotatable bonds is 4. The molecule has 1 saturated heterocycles. The van der Waals surface area contributed by atoms with Crippen molar-refractivity contribution in [2.24, 2.45) is 0 Å². The van der Waals surface area contributed by atoms with E-state index >= 15 is 0 Å². The number of Topliss-reactive ketones (excluding diaryl/α,β-unsaturated/α-hetero) is 1. The summed E-state index contributed by atoms with van der Waals surface area (Å²) in [4.78, 5) is 26.5. The number of amides is 1. The molecule has 1 aliphatic carbocycles. The van der Waals surface area contributed by atoms with Gasteiger partial charge in [0.1, 0.15) is 5.92 Å². The monoisotopic (exact) mass is 425 g/mol. The third-order valence-corrected chi connectivity index (χ3v) is 6.86. The standard InChI is InChI=1S/C25H28ClNO3/c1-4-30-20-9-11-25(12-10-20)23(28)22(24(29)27-25)21-15(2)13-18(14-16(21)3)17-5-7-19(26)8-6-17/h5-8,13-14,20,22H,4,9-12H2,1-3H3,(H,27,29). The van der Waals surface area contributed by atoms with Crippen molar-refractivity contribution in [2.75, 3.05) is 6.61 Å². The third-order valence-electron chi connectivity index (χ3n) is 6.61. The van der Waals surface area contributed by atoms with Gasteiger partial charge in [0.2, 0.25) is 5.91 Å². The minimum Gasteiger partial charge on any atom is -0.379 e. The zero-order valence-electron chi connectivity index (χ0n) is 17.8. The SMILES string of the molecule is CCOC1CCC2(CC1)NC(=O)C(c1c(C)cc(-c3ccc(Cl)cc3)cc1C)C2=O. The highest BCUT2D eigenvalue weighted by Crippen LogP contribution is 2.42. The van der Waals surface area contributed by atoms with E-state index in [0.717, 1.165) is 40.7 Å². The summed E-state index contributed by atoms with van der Waals surface area (Å²) in [7, 11) is 0. The fourth-order valence-corrected chi connectivity index (χ4v) is 5.25. The van der Waals surface area contributed by atoms with Gasteiger partial charge in [-0.25, -0.2) is 0 Å². The van der Waals surface area contributed by atoms with Gasteiger partial charge < -0.3 is 10.1 Å². The summed E-state index contributed by atoms with van der Waals surface area (Å²) in [6.45, 7) is 6.64. The van der Waals surface area contributed by atoms with Crippen molar-refractivity contribution in [3.8, 4) is 11.1 Å². The van der Waals surface area contributed by atoms with E-state index in [1.807, 2.05) is 45.0 Å². The largest absolute Gasteiger partial charge is 0.379 e. The lowest BCUT2D eigenvalue weighted by Gasteiger charge is -2.35. The molecule has 1 spiro atoms. The number of benzene rings is 2. The molecule has 1 unspecified atom stereocenters. The van der Waals surface area contributed by atoms with Gasteiger partial charge in [-0.05, 0) is 86.4 Å². The summed E-state index contributed by atoms with van der Waals surface area (Å²) >= 11 is 6.01. The number of aryl methyl sites for hydroxylation is 2. The lowest BCUT2D eigenvalue weighted by molar-refractivity contribution is -0.126. The molecule has 1 amide bonds. The van der Waals surface area contributed by atoms with Crippen molar-refractivity contribution in [3.05, 3.63) is 58.1 Å². The van der Waals surface area contributed by atoms with E-state index in [2.05, 4.69) is 17.4 Å². The van der Waals surface area contributed by atoms with Crippen LogP contribution in [0.3, 0.4) is 0 Å². The van der Waals surface area contributed by atoms with Crippen LogP contribution in [-0.4, -0.2) is 29.9 Å². The number of ether oxygens (including phenoxy) is 1. The van der Waals surface area contributed by atoms with Crippen LogP contribution in [0.2, 0.25) is 5.02 Å². The smallest absolute Gasteiger partial charge is 0.235 e. The van der Waals surface area contributed by atoms with E-state index in [1.54, 1.807) is 0 Å². The molecule has 2 fully saturated rings. The Morgan fingerprint density at radius 3 is 2.20 bits per heavy atom. The molecule has 1 atom stereocenters.